The fourth-order valence-corrected chi connectivity index (χ4v) is 4.25. The maximum atomic E-state index is 13.3. The van der Waals surface area contributed by atoms with E-state index in [9.17, 15) is 24.5 Å². The van der Waals surface area contributed by atoms with Crippen LogP contribution in [0.2, 0.25) is 0 Å². The third-order valence-electron chi connectivity index (χ3n) is 6.18. The molecule has 4 aromatic rings. The summed E-state index contributed by atoms with van der Waals surface area (Å²) < 4.78 is 11.5. The molecule has 0 aromatic heterocycles. The molecule has 1 aliphatic heterocycles. The first kappa shape index (κ1) is 25.2. The summed E-state index contributed by atoms with van der Waals surface area (Å²) in [6.45, 7) is 0.198. The number of carbonyl (C=O) groups is 3. The van der Waals surface area contributed by atoms with Crippen LogP contribution in [0.25, 0.3) is 16.8 Å². The summed E-state index contributed by atoms with van der Waals surface area (Å²) in [5.41, 5.74) is 0.620. The second kappa shape index (κ2) is 10.5. The molecule has 4 amide bonds. The number of non-ortho nitro benzene ring substituents is 1. The van der Waals surface area contributed by atoms with Crippen LogP contribution in [0.3, 0.4) is 0 Å². The van der Waals surface area contributed by atoms with Crippen LogP contribution in [0.15, 0.2) is 90.5 Å². The number of barbiturate groups is 1. The number of fused-ring (bicyclic) bond motifs is 1. The second-order valence-corrected chi connectivity index (χ2v) is 8.57. The number of rotatable bonds is 7. The molecule has 0 aliphatic carbocycles. The molecule has 194 valence electrons. The van der Waals surface area contributed by atoms with Crippen molar-refractivity contribution < 1.29 is 28.8 Å². The van der Waals surface area contributed by atoms with Crippen LogP contribution in [-0.2, 0) is 16.2 Å². The Morgan fingerprint density at radius 2 is 1.72 bits per heavy atom. The third kappa shape index (κ3) is 5.03. The van der Waals surface area contributed by atoms with Crippen LogP contribution in [0, 0.1) is 10.1 Å². The molecule has 0 atom stereocenters. The van der Waals surface area contributed by atoms with E-state index in [1.165, 1.54) is 31.4 Å². The summed E-state index contributed by atoms with van der Waals surface area (Å²) in [4.78, 5) is 49.8. The van der Waals surface area contributed by atoms with Crippen molar-refractivity contribution >= 4 is 46.1 Å². The molecule has 1 heterocycles. The highest BCUT2D eigenvalue weighted by atomic mass is 16.6. The maximum Gasteiger partial charge on any atom is 0.335 e. The molecule has 1 fully saturated rings. The quantitative estimate of drug-likeness (QED) is 0.156. The predicted molar refractivity (Wildman–Crippen MR) is 143 cm³/mol. The fourth-order valence-electron chi connectivity index (χ4n) is 4.25. The lowest BCUT2D eigenvalue weighted by Crippen LogP contribution is -2.54. The SMILES string of the molecule is COc1ccc(/C=C2\C(=O)NC(=O)N(c3cccc([N+](=O)[O-])c3)C2=O)c(OCc2cccc3ccccc23)c1. The molecule has 0 saturated carbocycles. The molecular weight excluding hydrogens is 502 g/mol. The average Bonchev–Trinajstić information content (AvgIpc) is 2.94. The number of urea groups is 1. The number of nitrogens with one attached hydrogen (secondary N) is 1. The summed E-state index contributed by atoms with van der Waals surface area (Å²) >= 11 is 0. The Hall–Kier alpha value is -5.51. The van der Waals surface area contributed by atoms with Gasteiger partial charge >= 0.3 is 6.03 Å². The Labute approximate surface area is 222 Å². The highest BCUT2D eigenvalue weighted by molar-refractivity contribution is 6.39. The Bertz CT molecular complexity index is 1670. The van der Waals surface area contributed by atoms with Crippen LogP contribution in [0.1, 0.15) is 11.1 Å². The fraction of sp³-hybridized carbons (Fsp3) is 0.0690. The van der Waals surface area contributed by atoms with E-state index in [2.05, 4.69) is 5.32 Å². The van der Waals surface area contributed by atoms with Gasteiger partial charge in [-0.15, -0.1) is 0 Å². The topological polar surface area (TPSA) is 128 Å². The number of carbonyl (C=O) groups excluding carboxylic acids is 3. The van der Waals surface area contributed by atoms with E-state index >= 15 is 0 Å². The monoisotopic (exact) mass is 523 g/mol. The van der Waals surface area contributed by atoms with Crippen molar-refractivity contribution in [2.45, 2.75) is 6.61 Å². The lowest BCUT2D eigenvalue weighted by atomic mass is 10.0. The zero-order chi connectivity index (χ0) is 27.5. The number of anilines is 1. The molecule has 0 spiro atoms. The molecule has 0 unspecified atom stereocenters. The number of methoxy groups -OCH3 is 1. The molecule has 1 N–H and O–H groups in total. The first-order valence-electron chi connectivity index (χ1n) is 11.8. The van der Waals surface area contributed by atoms with Gasteiger partial charge in [-0.3, -0.25) is 25.0 Å². The van der Waals surface area contributed by atoms with Gasteiger partial charge in [-0.2, -0.15) is 0 Å². The van der Waals surface area contributed by atoms with E-state index in [0.717, 1.165) is 22.4 Å². The third-order valence-corrected chi connectivity index (χ3v) is 6.18. The van der Waals surface area contributed by atoms with E-state index in [0.29, 0.717) is 22.0 Å². The number of nitrogens with zero attached hydrogens (tertiary/aromatic N) is 2. The summed E-state index contributed by atoms with van der Waals surface area (Å²) in [5, 5.41) is 15.4. The number of hydrogen-bond acceptors (Lipinski definition) is 7. The van der Waals surface area contributed by atoms with Gasteiger partial charge in [-0.25, -0.2) is 9.69 Å². The molecule has 4 aromatic carbocycles. The Morgan fingerprint density at radius 1 is 0.949 bits per heavy atom. The van der Waals surface area contributed by atoms with Gasteiger partial charge < -0.3 is 9.47 Å². The highest BCUT2D eigenvalue weighted by Gasteiger charge is 2.37. The van der Waals surface area contributed by atoms with Gasteiger partial charge in [-0.05, 0) is 40.6 Å². The van der Waals surface area contributed by atoms with Crippen molar-refractivity contribution in [3.63, 3.8) is 0 Å². The van der Waals surface area contributed by atoms with Crippen LogP contribution < -0.4 is 19.7 Å². The standard InChI is InChI=1S/C29H21N3O7/c1-38-23-13-12-19(26(16-23)39-17-20-8-4-7-18-6-2-3-11-24(18)20)14-25-27(33)30-29(35)31(28(25)34)21-9-5-10-22(15-21)32(36)37/h2-16H,17H2,1H3,(H,30,33,35)/b25-14+. The van der Waals surface area contributed by atoms with E-state index in [-0.39, 0.29) is 23.6 Å². The minimum Gasteiger partial charge on any atom is -0.497 e. The van der Waals surface area contributed by atoms with Gasteiger partial charge in [0.2, 0.25) is 0 Å². The van der Waals surface area contributed by atoms with Crippen molar-refractivity contribution in [2.24, 2.45) is 0 Å². The van der Waals surface area contributed by atoms with E-state index in [1.807, 2.05) is 42.5 Å². The summed E-state index contributed by atoms with van der Waals surface area (Å²) in [7, 11) is 1.50. The second-order valence-electron chi connectivity index (χ2n) is 8.57. The van der Waals surface area contributed by atoms with Crippen molar-refractivity contribution in [2.75, 3.05) is 12.0 Å². The number of benzene rings is 4. The van der Waals surface area contributed by atoms with Crippen LogP contribution in [0.4, 0.5) is 16.2 Å². The van der Waals surface area contributed by atoms with Crippen LogP contribution >= 0.6 is 0 Å². The van der Waals surface area contributed by atoms with Crippen molar-refractivity contribution in [3.05, 3.63) is 112 Å². The first-order valence-corrected chi connectivity index (χ1v) is 11.8. The maximum absolute atomic E-state index is 13.3. The first-order chi connectivity index (χ1) is 18.9. The Balaban J connectivity index is 1.50. The zero-order valence-electron chi connectivity index (χ0n) is 20.6. The van der Waals surface area contributed by atoms with Gasteiger partial charge in [0.05, 0.1) is 17.7 Å². The van der Waals surface area contributed by atoms with E-state index in [1.54, 1.807) is 18.2 Å². The predicted octanol–water partition coefficient (Wildman–Crippen LogP) is 5.00. The summed E-state index contributed by atoms with van der Waals surface area (Å²) in [6.07, 6.45) is 1.31. The largest absolute Gasteiger partial charge is 0.497 e. The average molecular weight is 524 g/mol. The number of nitro benzene ring substituents is 1. The molecule has 39 heavy (non-hydrogen) atoms. The normalized spacial score (nSPS) is 14.4. The smallest absolute Gasteiger partial charge is 0.335 e. The zero-order valence-corrected chi connectivity index (χ0v) is 20.6. The van der Waals surface area contributed by atoms with E-state index < -0.39 is 22.8 Å². The van der Waals surface area contributed by atoms with Crippen LogP contribution in [0.5, 0.6) is 11.5 Å². The molecule has 10 heteroatoms. The number of hydrogen-bond donors (Lipinski definition) is 1. The molecule has 10 nitrogen and oxygen atoms in total. The van der Waals surface area contributed by atoms with Crippen molar-refractivity contribution in [1.82, 2.24) is 5.32 Å². The summed E-state index contributed by atoms with van der Waals surface area (Å²) in [6, 6.07) is 22.7. The highest BCUT2D eigenvalue weighted by Crippen LogP contribution is 2.31. The number of imide groups is 2. The minimum atomic E-state index is -1.01. The molecule has 0 radical (unpaired) electrons. The van der Waals surface area contributed by atoms with Crippen molar-refractivity contribution in [1.29, 1.82) is 0 Å². The van der Waals surface area contributed by atoms with Gasteiger partial charge in [0.25, 0.3) is 17.5 Å². The number of amides is 4. The van der Waals surface area contributed by atoms with Crippen LogP contribution in [-0.4, -0.2) is 29.9 Å². The summed E-state index contributed by atoms with van der Waals surface area (Å²) in [5.74, 6) is -0.991. The van der Waals surface area contributed by atoms with Gasteiger partial charge in [0, 0.05) is 23.8 Å². The lowest BCUT2D eigenvalue weighted by Gasteiger charge is -2.26. The molecule has 1 saturated heterocycles. The molecular formula is C29H21N3O7. The van der Waals surface area contributed by atoms with Gasteiger partial charge in [0.15, 0.2) is 0 Å². The lowest BCUT2D eigenvalue weighted by molar-refractivity contribution is -0.384. The number of ether oxygens (including phenoxy) is 2. The Kier molecular flexibility index (Phi) is 6.75. The molecule has 5 rings (SSSR count). The molecule has 1 aliphatic rings. The Morgan fingerprint density at radius 3 is 2.51 bits per heavy atom. The van der Waals surface area contributed by atoms with Crippen molar-refractivity contribution in [3.8, 4) is 11.5 Å². The van der Waals surface area contributed by atoms with E-state index in [4.69, 9.17) is 9.47 Å². The van der Waals surface area contributed by atoms with Gasteiger partial charge in [0.1, 0.15) is 23.7 Å². The molecule has 0 bridgehead atoms. The van der Waals surface area contributed by atoms with Gasteiger partial charge in [-0.1, -0.05) is 48.5 Å². The minimum absolute atomic E-state index is 0.0488. The number of nitro groups is 1.